The number of amides is 1. The molecule has 0 aliphatic heterocycles. The average molecular weight is 399 g/mol. The molecule has 2 N–H and O–H groups in total. The lowest BCUT2D eigenvalue weighted by Gasteiger charge is -2.05. The summed E-state index contributed by atoms with van der Waals surface area (Å²) in [5, 5.41) is 20.2. The molecule has 1 aromatic heterocycles. The van der Waals surface area contributed by atoms with Crippen molar-refractivity contribution in [3.8, 4) is 0 Å². The molecule has 0 saturated carbocycles. The van der Waals surface area contributed by atoms with Crippen LogP contribution in [0.25, 0.3) is 0 Å². The Balaban J connectivity index is 1.66. The molecule has 6 nitrogen and oxygen atoms in total. The molecule has 2 aromatic carbocycles. The summed E-state index contributed by atoms with van der Waals surface area (Å²) >= 11 is 2.80. The fourth-order valence-corrected chi connectivity index (χ4v) is 4.32. The van der Waals surface area contributed by atoms with Crippen LogP contribution in [0.4, 0.5) is 5.13 Å². The summed E-state index contributed by atoms with van der Waals surface area (Å²) in [5.41, 5.74) is 3.71. The van der Waals surface area contributed by atoms with Crippen molar-refractivity contribution < 1.29 is 14.7 Å². The number of nitrogens with one attached hydrogen (secondary N) is 1. The number of aryl methyl sites for hydroxylation is 2. The first-order valence-electron chi connectivity index (χ1n) is 8.10. The van der Waals surface area contributed by atoms with Gasteiger partial charge in [-0.05, 0) is 37.1 Å². The van der Waals surface area contributed by atoms with Crippen LogP contribution < -0.4 is 5.32 Å². The summed E-state index contributed by atoms with van der Waals surface area (Å²) in [7, 11) is 0. The number of aromatic carboxylic acids is 1. The third kappa shape index (κ3) is 4.72. The number of hydrogen-bond donors (Lipinski definition) is 2. The standard InChI is InChI=1S/C19H17N3O3S2/c1-11-7-8-13(12(2)9-11)10-26-19-22-21-18(27-19)20-16(23)14-5-3-4-6-15(14)17(24)25/h3-9H,10H2,1-2H3,(H,24,25)(H,20,21,23). The second-order valence-electron chi connectivity index (χ2n) is 5.90. The predicted octanol–water partition coefficient (Wildman–Crippen LogP) is 4.40. The highest BCUT2D eigenvalue weighted by Crippen LogP contribution is 2.29. The SMILES string of the molecule is Cc1ccc(CSc2nnc(NC(=O)c3ccccc3C(=O)O)s2)c(C)c1. The lowest BCUT2D eigenvalue weighted by atomic mass is 10.1. The van der Waals surface area contributed by atoms with Gasteiger partial charge in [0, 0.05) is 5.75 Å². The van der Waals surface area contributed by atoms with E-state index in [0.717, 1.165) is 10.1 Å². The lowest BCUT2D eigenvalue weighted by Crippen LogP contribution is -2.16. The van der Waals surface area contributed by atoms with Gasteiger partial charge in [-0.3, -0.25) is 10.1 Å². The Labute approximate surface area is 164 Å². The maximum Gasteiger partial charge on any atom is 0.336 e. The Morgan fingerprint density at radius 2 is 1.85 bits per heavy atom. The van der Waals surface area contributed by atoms with E-state index in [-0.39, 0.29) is 11.1 Å². The van der Waals surface area contributed by atoms with E-state index in [4.69, 9.17) is 0 Å². The molecular weight excluding hydrogens is 382 g/mol. The first-order chi connectivity index (χ1) is 12.9. The molecule has 0 aliphatic rings. The number of carboxylic acid groups (broad SMARTS) is 1. The van der Waals surface area contributed by atoms with E-state index < -0.39 is 11.9 Å². The van der Waals surface area contributed by atoms with Crippen molar-refractivity contribution >= 4 is 40.1 Å². The van der Waals surface area contributed by atoms with Gasteiger partial charge in [-0.25, -0.2) is 4.79 Å². The Bertz CT molecular complexity index is 1000. The number of benzene rings is 2. The summed E-state index contributed by atoms with van der Waals surface area (Å²) in [5.74, 6) is -0.908. The Morgan fingerprint density at radius 1 is 1.11 bits per heavy atom. The van der Waals surface area contributed by atoms with Crippen LogP contribution in [0.15, 0.2) is 46.8 Å². The second-order valence-corrected chi connectivity index (χ2v) is 8.10. The molecule has 0 fully saturated rings. The first-order valence-corrected chi connectivity index (χ1v) is 9.90. The van der Waals surface area contributed by atoms with Gasteiger partial charge in [-0.15, -0.1) is 10.2 Å². The highest BCUT2D eigenvalue weighted by atomic mass is 32.2. The van der Waals surface area contributed by atoms with Crippen molar-refractivity contribution in [1.29, 1.82) is 0 Å². The van der Waals surface area contributed by atoms with E-state index in [1.165, 1.54) is 40.2 Å². The van der Waals surface area contributed by atoms with E-state index in [1.54, 1.807) is 23.9 Å². The van der Waals surface area contributed by atoms with Crippen LogP contribution in [-0.4, -0.2) is 27.2 Å². The van der Waals surface area contributed by atoms with Crippen molar-refractivity contribution in [1.82, 2.24) is 10.2 Å². The monoisotopic (exact) mass is 399 g/mol. The normalized spacial score (nSPS) is 10.6. The van der Waals surface area contributed by atoms with Gasteiger partial charge in [0.2, 0.25) is 5.13 Å². The minimum atomic E-state index is -1.15. The number of anilines is 1. The van der Waals surface area contributed by atoms with Crippen molar-refractivity contribution in [3.63, 3.8) is 0 Å². The highest BCUT2D eigenvalue weighted by Gasteiger charge is 2.17. The summed E-state index contributed by atoms with van der Waals surface area (Å²) < 4.78 is 0.733. The fourth-order valence-electron chi connectivity index (χ4n) is 2.50. The molecule has 27 heavy (non-hydrogen) atoms. The minimum Gasteiger partial charge on any atom is -0.478 e. The van der Waals surface area contributed by atoms with Crippen LogP contribution in [0.5, 0.6) is 0 Å². The Hall–Kier alpha value is -2.71. The molecule has 3 rings (SSSR count). The van der Waals surface area contributed by atoms with Crippen molar-refractivity contribution in [2.45, 2.75) is 23.9 Å². The largest absolute Gasteiger partial charge is 0.478 e. The van der Waals surface area contributed by atoms with Gasteiger partial charge in [0.15, 0.2) is 4.34 Å². The first kappa shape index (κ1) is 19.1. The van der Waals surface area contributed by atoms with Crippen LogP contribution >= 0.6 is 23.1 Å². The molecule has 138 valence electrons. The van der Waals surface area contributed by atoms with Gasteiger partial charge in [0.05, 0.1) is 11.1 Å². The summed E-state index contributed by atoms with van der Waals surface area (Å²) in [6.07, 6.45) is 0. The van der Waals surface area contributed by atoms with Crippen LogP contribution in [0, 0.1) is 13.8 Å². The number of rotatable bonds is 6. The van der Waals surface area contributed by atoms with E-state index in [0.29, 0.717) is 5.13 Å². The number of aromatic nitrogens is 2. The zero-order valence-corrected chi connectivity index (χ0v) is 16.4. The number of nitrogens with zero attached hydrogens (tertiary/aromatic N) is 2. The van der Waals surface area contributed by atoms with E-state index in [1.807, 2.05) is 0 Å². The van der Waals surface area contributed by atoms with E-state index >= 15 is 0 Å². The predicted molar refractivity (Wildman–Crippen MR) is 107 cm³/mol. The van der Waals surface area contributed by atoms with Gasteiger partial charge in [0.25, 0.3) is 5.91 Å². The minimum absolute atomic E-state index is 0.0519. The van der Waals surface area contributed by atoms with Gasteiger partial charge < -0.3 is 5.11 Å². The summed E-state index contributed by atoms with van der Waals surface area (Å²) in [6.45, 7) is 4.14. The topological polar surface area (TPSA) is 92.2 Å². The van der Waals surface area contributed by atoms with Gasteiger partial charge in [-0.2, -0.15) is 0 Å². The molecule has 0 saturated heterocycles. The average Bonchev–Trinajstić information content (AvgIpc) is 3.08. The Kier molecular flexibility index (Phi) is 5.88. The second kappa shape index (κ2) is 8.32. The van der Waals surface area contributed by atoms with Crippen molar-refractivity contribution in [2.24, 2.45) is 0 Å². The number of carbonyl (C=O) groups is 2. The van der Waals surface area contributed by atoms with Crippen LogP contribution in [0.3, 0.4) is 0 Å². The molecule has 0 radical (unpaired) electrons. The molecule has 1 heterocycles. The highest BCUT2D eigenvalue weighted by molar-refractivity contribution is 8.00. The number of thioether (sulfide) groups is 1. The maximum atomic E-state index is 12.4. The molecule has 0 spiro atoms. The summed E-state index contributed by atoms with van der Waals surface area (Å²) in [6, 6.07) is 12.4. The lowest BCUT2D eigenvalue weighted by molar-refractivity contribution is 0.0692. The van der Waals surface area contributed by atoms with Gasteiger partial charge >= 0.3 is 5.97 Å². The molecule has 1 amide bonds. The zero-order valence-electron chi connectivity index (χ0n) is 14.7. The smallest absolute Gasteiger partial charge is 0.336 e. The van der Waals surface area contributed by atoms with E-state index in [9.17, 15) is 14.7 Å². The Morgan fingerprint density at radius 3 is 2.56 bits per heavy atom. The van der Waals surface area contributed by atoms with Crippen LogP contribution in [-0.2, 0) is 5.75 Å². The molecule has 8 heteroatoms. The summed E-state index contributed by atoms with van der Waals surface area (Å²) in [4.78, 5) is 23.6. The van der Waals surface area contributed by atoms with E-state index in [2.05, 4.69) is 47.6 Å². The fraction of sp³-hybridized carbons (Fsp3) is 0.158. The number of carboxylic acids is 1. The molecular formula is C19H17N3O3S2. The molecule has 0 atom stereocenters. The van der Waals surface area contributed by atoms with Crippen molar-refractivity contribution in [3.05, 3.63) is 70.3 Å². The molecule has 3 aromatic rings. The molecule has 0 aliphatic carbocycles. The quantitative estimate of drug-likeness (QED) is 0.471. The molecule has 0 unspecified atom stereocenters. The maximum absolute atomic E-state index is 12.4. The number of carbonyl (C=O) groups excluding carboxylic acids is 1. The van der Waals surface area contributed by atoms with Crippen LogP contribution in [0.2, 0.25) is 0 Å². The molecule has 0 bridgehead atoms. The van der Waals surface area contributed by atoms with Gasteiger partial charge in [-0.1, -0.05) is 59.0 Å². The third-order valence-corrected chi connectivity index (χ3v) is 5.90. The zero-order chi connectivity index (χ0) is 19.4. The van der Waals surface area contributed by atoms with Gasteiger partial charge in [0.1, 0.15) is 0 Å². The third-order valence-electron chi connectivity index (χ3n) is 3.88. The van der Waals surface area contributed by atoms with Crippen molar-refractivity contribution in [2.75, 3.05) is 5.32 Å². The van der Waals surface area contributed by atoms with Crippen LogP contribution in [0.1, 0.15) is 37.4 Å². The number of hydrogen-bond acceptors (Lipinski definition) is 6.